The molecule has 28 heavy (non-hydrogen) atoms. The number of amides is 1. The zero-order valence-electron chi connectivity index (χ0n) is 14.4. The maximum Gasteiger partial charge on any atom is 0.573 e. The number of ether oxygens (including phenoxy) is 2. The molecule has 0 bridgehead atoms. The number of para-hydroxylation sites is 1. The molecule has 0 atom stereocenters. The minimum Gasteiger partial charge on any atom is -0.488 e. The normalized spacial score (nSPS) is 11.0. The van der Waals surface area contributed by atoms with E-state index >= 15 is 0 Å². The molecule has 0 spiro atoms. The van der Waals surface area contributed by atoms with Crippen LogP contribution in [0.5, 0.6) is 11.5 Å². The third kappa shape index (κ3) is 5.47. The van der Waals surface area contributed by atoms with E-state index in [-0.39, 0.29) is 17.9 Å². The van der Waals surface area contributed by atoms with Crippen molar-refractivity contribution in [1.82, 2.24) is 4.98 Å². The van der Waals surface area contributed by atoms with Gasteiger partial charge < -0.3 is 14.8 Å². The van der Waals surface area contributed by atoms with Gasteiger partial charge in [0.25, 0.3) is 5.91 Å². The maximum absolute atomic E-state index is 12.6. The molecular weight excluding hydrogens is 373 g/mol. The molecule has 5 nitrogen and oxygen atoms in total. The number of aromatic nitrogens is 1. The van der Waals surface area contributed by atoms with Crippen LogP contribution in [0.15, 0.2) is 73.1 Å². The molecule has 0 unspecified atom stereocenters. The molecule has 1 aromatic heterocycles. The molecule has 0 saturated carbocycles. The average Bonchev–Trinajstić information content (AvgIpc) is 2.66. The maximum atomic E-state index is 12.6. The smallest absolute Gasteiger partial charge is 0.488 e. The summed E-state index contributed by atoms with van der Waals surface area (Å²) in [5.74, 6) is -0.596. The number of nitrogens with zero attached hydrogens (tertiary/aromatic N) is 1. The molecule has 2 aromatic carbocycles. The standard InChI is InChI=1S/C20H15F3N2O3/c21-20(22,23)28-16-5-3-4-15(12-16)25-19(26)17-6-1-2-7-18(17)27-13-14-8-10-24-11-9-14/h1-12H,13H2,(H,25,26). The summed E-state index contributed by atoms with van der Waals surface area (Å²) in [6.45, 7) is 0.238. The first-order chi connectivity index (χ1) is 13.4. The van der Waals surface area contributed by atoms with Gasteiger partial charge in [0.15, 0.2) is 0 Å². The topological polar surface area (TPSA) is 60.5 Å². The Labute approximate surface area is 158 Å². The fraction of sp³-hybridized carbons (Fsp3) is 0.100. The zero-order valence-corrected chi connectivity index (χ0v) is 14.4. The molecule has 144 valence electrons. The van der Waals surface area contributed by atoms with E-state index in [0.29, 0.717) is 5.75 Å². The van der Waals surface area contributed by atoms with Gasteiger partial charge in [-0.05, 0) is 42.0 Å². The minimum absolute atomic E-state index is 0.163. The highest BCUT2D eigenvalue weighted by Gasteiger charge is 2.31. The van der Waals surface area contributed by atoms with Crippen molar-refractivity contribution in [3.63, 3.8) is 0 Å². The van der Waals surface area contributed by atoms with Crippen molar-refractivity contribution >= 4 is 11.6 Å². The van der Waals surface area contributed by atoms with Gasteiger partial charge in [0.05, 0.1) is 5.56 Å². The van der Waals surface area contributed by atoms with Gasteiger partial charge in [0.2, 0.25) is 0 Å². The molecule has 1 heterocycles. The Morgan fingerprint density at radius 2 is 1.75 bits per heavy atom. The van der Waals surface area contributed by atoms with Gasteiger partial charge >= 0.3 is 6.36 Å². The number of pyridine rings is 1. The van der Waals surface area contributed by atoms with Crippen LogP contribution in [0, 0.1) is 0 Å². The molecule has 3 aromatic rings. The Morgan fingerprint density at radius 3 is 2.50 bits per heavy atom. The van der Waals surface area contributed by atoms with Crippen LogP contribution < -0.4 is 14.8 Å². The van der Waals surface area contributed by atoms with Crippen molar-refractivity contribution < 1.29 is 27.4 Å². The number of alkyl halides is 3. The Hall–Kier alpha value is -3.55. The first-order valence-electron chi connectivity index (χ1n) is 8.18. The van der Waals surface area contributed by atoms with Crippen molar-refractivity contribution in [2.24, 2.45) is 0 Å². The number of benzene rings is 2. The third-order valence-corrected chi connectivity index (χ3v) is 3.60. The summed E-state index contributed by atoms with van der Waals surface area (Å²) in [5, 5.41) is 2.55. The molecule has 0 fully saturated rings. The van der Waals surface area contributed by atoms with Crippen molar-refractivity contribution in [1.29, 1.82) is 0 Å². The molecule has 1 amide bonds. The van der Waals surface area contributed by atoms with E-state index in [1.165, 1.54) is 12.1 Å². The number of halogens is 3. The second-order valence-corrected chi connectivity index (χ2v) is 5.67. The van der Waals surface area contributed by atoms with Gasteiger partial charge in [-0.3, -0.25) is 9.78 Å². The van der Waals surface area contributed by atoms with Gasteiger partial charge in [0.1, 0.15) is 18.1 Å². The van der Waals surface area contributed by atoms with E-state index in [9.17, 15) is 18.0 Å². The van der Waals surface area contributed by atoms with Gasteiger partial charge in [-0.25, -0.2) is 0 Å². The lowest BCUT2D eigenvalue weighted by Crippen LogP contribution is -2.17. The summed E-state index contributed by atoms with van der Waals surface area (Å²) in [6.07, 6.45) is -1.54. The monoisotopic (exact) mass is 388 g/mol. The molecule has 3 rings (SSSR count). The summed E-state index contributed by atoms with van der Waals surface area (Å²) < 4.78 is 46.6. The largest absolute Gasteiger partial charge is 0.573 e. The van der Waals surface area contributed by atoms with E-state index in [1.807, 2.05) is 0 Å². The lowest BCUT2D eigenvalue weighted by Gasteiger charge is -2.13. The van der Waals surface area contributed by atoms with Crippen LogP contribution in [-0.2, 0) is 6.61 Å². The number of hydrogen-bond acceptors (Lipinski definition) is 4. The zero-order chi connectivity index (χ0) is 20.0. The van der Waals surface area contributed by atoms with E-state index in [4.69, 9.17) is 4.74 Å². The van der Waals surface area contributed by atoms with Gasteiger partial charge in [0, 0.05) is 24.1 Å². The Bertz CT molecular complexity index is 947. The van der Waals surface area contributed by atoms with Crippen LogP contribution in [0.4, 0.5) is 18.9 Å². The van der Waals surface area contributed by atoms with Crippen molar-refractivity contribution in [3.8, 4) is 11.5 Å². The second kappa shape index (κ2) is 8.43. The minimum atomic E-state index is -4.81. The number of nitrogens with one attached hydrogen (secondary N) is 1. The molecule has 0 saturated heterocycles. The number of carbonyl (C=O) groups excluding carboxylic acids is 1. The van der Waals surface area contributed by atoms with Crippen LogP contribution in [0.1, 0.15) is 15.9 Å². The lowest BCUT2D eigenvalue weighted by molar-refractivity contribution is -0.274. The highest BCUT2D eigenvalue weighted by atomic mass is 19.4. The first kappa shape index (κ1) is 19.2. The summed E-state index contributed by atoms with van der Waals surface area (Å²) in [6, 6.07) is 15.2. The van der Waals surface area contributed by atoms with E-state index in [1.54, 1.807) is 48.8 Å². The Balaban J connectivity index is 1.72. The van der Waals surface area contributed by atoms with Crippen LogP contribution >= 0.6 is 0 Å². The van der Waals surface area contributed by atoms with Gasteiger partial charge in [-0.2, -0.15) is 0 Å². The Kier molecular flexibility index (Phi) is 5.78. The third-order valence-electron chi connectivity index (χ3n) is 3.60. The molecule has 0 aliphatic rings. The van der Waals surface area contributed by atoms with Crippen LogP contribution in [0.3, 0.4) is 0 Å². The number of hydrogen-bond donors (Lipinski definition) is 1. The summed E-state index contributed by atoms with van der Waals surface area (Å²) in [5.41, 5.74) is 1.29. The first-order valence-corrected chi connectivity index (χ1v) is 8.18. The quantitative estimate of drug-likeness (QED) is 0.658. The summed E-state index contributed by atoms with van der Waals surface area (Å²) >= 11 is 0. The van der Waals surface area contributed by atoms with Crippen LogP contribution in [0.2, 0.25) is 0 Å². The van der Waals surface area contributed by atoms with E-state index in [2.05, 4.69) is 15.0 Å². The fourth-order valence-corrected chi connectivity index (χ4v) is 2.39. The number of anilines is 1. The molecule has 0 aliphatic carbocycles. The van der Waals surface area contributed by atoms with Crippen molar-refractivity contribution in [3.05, 3.63) is 84.2 Å². The van der Waals surface area contributed by atoms with Gasteiger partial charge in [-0.15, -0.1) is 13.2 Å². The van der Waals surface area contributed by atoms with E-state index < -0.39 is 18.0 Å². The molecule has 8 heteroatoms. The average molecular weight is 388 g/mol. The van der Waals surface area contributed by atoms with Crippen LogP contribution in [-0.4, -0.2) is 17.3 Å². The number of carbonyl (C=O) groups is 1. The summed E-state index contributed by atoms with van der Waals surface area (Å²) in [7, 11) is 0. The van der Waals surface area contributed by atoms with Crippen molar-refractivity contribution in [2.45, 2.75) is 13.0 Å². The molecule has 1 N–H and O–H groups in total. The predicted molar refractivity (Wildman–Crippen MR) is 96.1 cm³/mol. The van der Waals surface area contributed by atoms with Crippen LogP contribution in [0.25, 0.3) is 0 Å². The Morgan fingerprint density at radius 1 is 1.00 bits per heavy atom. The summed E-state index contributed by atoms with van der Waals surface area (Å²) in [4.78, 5) is 16.5. The fourth-order valence-electron chi connectivity index (χ4n) is 2.39. The molecule has 0 aliphatic heterocycles. The highest BCUT2D eigenvalue weighted by Crippen LogP contribution is 2.26. The second-order valence-electron chi connectivity index (χ2n) is 5.67. The SMILES string of the molecule is O=C(Nc1cccc(OC(F)(F)F)c1)c1ccccc1OCc1ccncc1. The van der Waals surface area contributed by atoms with E-state index in [0.717, 1.165) is 17.7 Å². The molecule has 0 radical (unpaired) electrons. The number of rotatable bonds is 6. The van der Waals surface area contributed by atoms with Gasteiger partial charge in [-0.1, -0.05) is 18.2 Å². The predicted octanol–water partition coefficient (Wildman–Crippen LogP) is 4.81. The lowest BCUT2D eigenvalue weighted by atomic mass is 10.1. The molecular formula is C20H15F3N2O3. The highest BCUT2D eigenvalue weighted by molar-refractivity contribution is 6.06. The van der Waals surface area contributed by atoms with Crippen molar-refractivity contribution in [2.75, 3.05) is 5.32 Å².